The fraction of sp³-hybridized carbons (Fsp3) is 0.500. The van der Waals surface area contributed by atoms with Gasteiger partial charge in [0.25, 0.3) is 0 Å². The highest BCUT2D eigenvalue weighted by atomic mass is 19.1. The molecule has 7 heteroatoms. The van der Waals surface area contributed by atoms with Crippen LogP contribution < -0.4 is 20.3 Å². The van der Waals surface area contributed by atoms with Crippen LogP contribution in [0.15, 0.2) is 36.2 Å². The van der Waals surface area contributed by atoms with E-state index < -0.39 is 0 Å². The lowest BCUT2D eigenvalue weighted by Crippen LogP contribution is -2.42. The van der Waals surface area contributed by atoms with Crippen molar-refractivity contribution in [2.75, 3.05) is 57.8 Å². The highest BCUT2D eigenvalue weighted by Crippen LogP contribution is 2.41. The molecule has 33 heavy (non-hydrogen) atoms. The first kappa shape index (κ1) is 20.8. The summed E-state index contributed by atoms with van der Waals surface area (Å²) in [4.78, 5) is 9.76. The maximum Gasteiger partial charge on any atom is 0.165 e. The van der Waals surface area contributed by atoms with E-state index in [-0.39, 0.29) is 11.6 Å². The minimum atomic E-state index is -0.338. The number of dihydropyridines is 1. The number of nitrogens with one attached hydrogen (secondary N) is 2. The van der Waals surface area contributed by atoms with E-state index in [0.717, 1.165) is 73.7 Å². The molecule has 4 aliphatic heterocycles. The predicted octanol–water partition coefficient (Wildman–Crippen LogP) is 3.50. The third kappa shape index (κ3) is 3.72. The van der Waals surface area contributed by atoms with Crippen molar-refractivity contribution in [3.63, 3.8) is 0 Å². The molecule has 2 N–H and O–H groups in total. The average molecular weight is 450 g/mol. The maximum absolute atomic E-state index is 14.7. The minimum absolute atomic E-state index is 0.239. The number of rotatable bonds is 4. The molecular weight excluding hydrogens is 417 g/mol. The second kappa shape index (κ2) is 8.20. The molecular formula is C26H32FN5O. The van der Waals surface area contributed by atoms with Gasteiger partial charge in [0.05, 0.1) is 18.3 Å². The van der Waals surface area contributed by atoms with Gasteiger partial charge in [0.15, 0.2) is 11.6 Å². The summed E-state index contributed by atoms with van der Waals surface area (Å²) in [6.07, 6.45) is 9.26. The number of fused-ring (bicyclic) bond motifs is 1. The molecule has 3 saturated heterocycles. The van der Waals surface area contributed by atoms with Crippen LogP contribution in [0, 0.1) is 11.2 Å². The van der Waals surface area contributed by atoms with Crippen LogP contribution in [0.5, 0.6) is 5.75 Å². The van der Waals surface area contributed by atoms with Gasteiger partial charge in [0, 0.05) is 61.8 Å². The molecule has 1 spiro atoms. The van der Waals surface area contributed by atoms with Crippen LogP contribution >= 0.6 is 0 Å². The Kier molecular flexibility index (Phi) is 5.17. The average Bonchev–Trinajstić information content (AvgIpc) is 3.20. The number of nitrogens with zero attached hydrogens (tertiary/aromatic N) is 3. The van der Waals surface area contributed by atoms with E-state index in [1.807, 2.05) is 0 Å². The van der Waals surface area contributed by atoms with Crippen LogP contribution in [0.2, 0.25) is 0 Å². The number of piperidine rings is 1. The first-order valence-corrected chi connectivity index (χ1v) is 12.2. The summed E-state index contributed by atoms with van der Waals surface area (Å²) in [7, 11) is 1.50. The number of likely N-dealkylation sites (tertiary alicyclic amines) is 1. The molecule has 1 unspecified atom stereocenters. The molecule has 6 rings (SSSR count). The smallest absolute Gasteiger partial charge is 0.165 e. The van der Waals surface area contributed by atoms with Crippen LogP contribution in [0.25, 0.3) is 16.5 Å². The molecule has 6 nitrogen and oxygen atoms in total. The van der Waals surface area contributed by atoms with Gasteiger partial charge in [0.2, 0.25) is 0 Å². The fourth-order valence-electron chi connectivity index (χ4n) is 5.75. The molecule has 0 aliphatic carbocycles. The zero-order chi connectivity index (χ0) is 22.4. The lowest BCUT2D eigenvalue weighted by Gasteiger charge is -2.36. The number of ether oxygens (including phenoxy) is 1. The van der Waals surface area contributed by atoms with Gasteiger partial charge in [-0.25, -0.2) is 9.37 Å². The van der Waals surface area contributed by atoms with Gasteiger partial charge in [0.1, 0.15) is 5.82 Å². The van der Waals surface area contributed by atoms with E-state index >= 15 is 0 Å². The van der Waals surface area contributed by atoms with Crippen molar-refractivity contribution in [1.82, 2.24) is 20.5 Å². The van der Waals surface area contributed by atoms with E-state index in [1.54, 1.807) is 12.1 Å². The summed E-state index contributed by atoms with van der Waals surface area (Å²) in [6, 6.07) is 5.50. The molecule has 0 saturated carbocycles. The van der Waals surface area contributed by atoms with Gasteiger partial charge in [-0.05, 0) is 56.0 Å². The van der Waals surface area contributed by atoms with Crippen LogP contribution in [0.4, 0.5) is 10.1 Å². The lowest BCUT2D eigenvalue weighted by atomic mass is 9.80. The second-order valence-electron chi connectivity index (χ2n) is 9.92. The van der Waals surface area contributed by atoms with E-state index in [4.69, 9.17) is 9.72 Å². The number of benzene rings is 1. The third-order valence-electron chi connectivity index (χ3n) is 7.83. The van der Waals surface area contributed by atoms with Crippen molar-refractivity contribution in [1.29, 1.82) is 0 Å². The first-order chi connectivity index (χ1) is 16.1. The molecule has 5 heterocycles. The van der Waals surface area contributed by atoms with Crippen molar-refractivity contribution in [2.45, 2.75) is 25.7 Å². The summed E-state index contributed by atoms with van der Waals surface area (Å²) in [5.74, 6) is 1.10. The highest BCUT2D eigenvalue weighted by molar-refractivity contribution is 5.95. The van der Waals surface area contributed by atoms with Crippen LogP contribution in [0.3, 0.4) is 0 Å². The van der Waals surface area contributed by atoms with Gasteiger partial charge in [-0.1, -0.05) is 6.08 Å². The Labute approximate surface area is 194 Å². The summed E-state index contributed by atoms with van der Waals surface area (Å²) >= 11 is 0. The van der Waals surface area contributed by atoms with E-state index in [2.05, 4.69) is 38.7 Å². The van der Waals surface area contributed by atoms with Gasteiger partial charge < -0.3 is 25.2 Å². The zero-order valence-corrected chi connectivity index (χ0v) is 19.3. The first-order valence-electron chi connectivity index (χ1n) is 12.2. The maximum atomic E-state index is 14.7. The second-order valence-corrected chi connectivity index (χ2v) is 9.92. The zero-order valence-electron chi connectivity index (χ0n) is 19.3. The van der Waals surface area contributed by atoms with Crippen molar-refractivity contribution < 1.29 is 9.13 Å². The molecule has 1 aromatic carbocycles. The summed E-state index contributed by atoms with van der Waals surface area (Å²) in [5, 5.41) is 8.01. The van der Waals surface area contributed by atoms with Gasteiger partial charge in [-0.15, -0.1) is 0 Å². The van der Waals surface area contributed by atoms with E-state index in [0.29, 0.717) is 5.41 Å². The van der Waals surface area contributed by atoms with Crippen LogP contribution in [-0.2, 0) is 0 Å². The molecule has 2 aromatic rings. The standard InChI is InChI=1S/C26H32FN5O/c1-33-24-14-22-19(12-20(24)27)23(32-11-7-26(17-32)6-2-8-28-16-26)13-21(30-22)18-4-5-25(29-15-18)31-9-3-10-31/h4-5,12-14,28-29H,2-3,6-11,15-17H2,1H3. The topological polar surface area (TPSA) is 52.7 Å². The molecule has 1 aromatic heterocycles. The summed E-state index contributed by atoms with van der Waals surface area (Å²) < 4.78 is 20.0. The number of halogens is 1. The predicted molar refractivity (Wildman–Crippen MR) is 130 cm³/mol. The van der Waals surface area contributed by atoms with Gasteiger partial charge >= 0.3 is 0 Å². The molecule has 0 radical (unpaired) electrons. The number of pyridine rings is 1. The molecule has 4 aliphatic rings. The van der Waals surface area contributed by atoms with Crippen LogP contribution in [0.1, 0.15) is 31.4 Å². The number of hydrogen-bond acceptors (Lipinski definition) is 6. The molecule has 3 fully saturated rings. The van der Waals surface area contributed by atoms with Crippen molar-refractivity contribution in [3.8, 4) is 5.75 Å². The number of anilines is 1. The lowest BCUT2D eigenvalue weighted by molar-refractivity contribution is 0.223. The van der Waals surface area contributed by atoms with Crippen molar-refractivity contribution in [3.05, 3.63) is 47.7 Å². The molecule has 0 bridgehead atoms. The Morgan fingerprint density at radius 1 is 1.06 bits per heavy atom. The Balaban J connectivity index is 1.40. The van der Waals surface area contributed by atoms with E-state index in [9.17, 15) is 4.39 Å². The fourth-order valence-corrected chi connectivity index (χ4v) is 5.75. The van der Waals surface area contributed by atoms with E-state index in [1.165, 1.54) is 38.6 Å². The normalized spacial score (nSPS) is 25.0. The minimum Gasteiger partial charge on any atom is -0.494 e. The van der Waals surface area contributed by atoms with Gasteiger partial charge in [-0.3, -0.25) is 0 Å². The van der Waals surface area contributed by atoms with Crippen molar-refractivity contribution >= 4 is 22.2 Å². The van der Waals surface area contributed by atoms with Crippen LogP contribution in [-0.4, -0.2) is 62.8 Å². The summed E-state index contributed by atoms with van der Waals surface area (Å²) in [5.41, 5.74) is 4.28. The Bertz CT molecular complexity index is 1130. The largest absolute Gasteiger partial charge is 0.494 e. The number of hydrogen-bond donors (Lipinski definition) is 2. The molecule has 1 atom stereocenters. The third-order valence-corrected chi connectivity index (χ3v) is 7.83. The Morgan fingerprint density at radius 2 is 1.97 bits per heavy atom. The quantitative estimate of drug-likeness (QED) is 0.745. The summed E-state index contributed by atoms with van der Waals surface area (Å²) in [6.45, 7) is 7.16. The van der Waals surface area contributed by atoms with Gasteiger partial charge in [-0.2, -0.15) is 0 Å². The number of allylic oxidation sites excluding steroid dienone is 2. The Hall–Kier alpha value is -2.80. The number of aromatic nitrogens is 1. The Morgan fingerprint density at radius 3 is 2.67 bits per heavy atom. The monoisotopic (exact) mass is 449 g/mol. The highest BCUT2D eigenvalue weighted by Gasteiger charge is 2.39. The number of methoxy groups -OCH3 is 1. The van der Waals surface area contributed by atoms with Crippen molar-refractivity contribution in [2.24, 2.45) is 5.41 Å². The molecule has 0 amide bonds. The molecule has 174 valence electrons. The SMILES string of the molecule is COc1cc2nc(C3=CC=C(N4CCC4)NC3)cc(N3CCC4(CCCNC4)C3)c2cc1F.